The molecule has 0 bridgehead atoms. The molecule has 7 heteroatoms. The zero-order valence-corrected chi connectivity index (χ0v) is 19.9. The van der Waals surface area contributed by atoms with E-state index in [4.69, 9.17) is 16.3 Å². The van der Waals surface area contributed by atoms with Gasteiger partial charge in [0.05, 0.1) is 5.02 Å². The summed E-state index contributed by atoms with van der Waals surface area (Å²) in [6.45, 7) is 0.146. The number of carboxylic acids is 1. The maximum absolute atomic E-state index is 13.3. The molecule has 2 aliphatic carbocycles. The monoisotopic (exact) mass is 525 g/mol. The summed E-state index contributed by atoms with van der Waals surface area (Å²) in [4.78, 5) is 26.9. The Morgan fingerprint density at radius 1 is 1.03 bits per heavy atom. The Balaban J connectivity index is 1.41. The van der Waals surface area contributed by atoms with Gasteiger partial charge in [0.2, 0.25) is 0 Å². The van der Waals surface area contributed by atoms with Crippen LogP contribution in [0.25, 0.3) is 11.1 Å². The van der Waals surface area contributed by atoms with E-state index in [0.717, 1.165) is 35.1 Å². The first-order valence-electron chi connectivity index (χ1n) is 10.8. The predicted molar refractivity (Wildman–Crippen MR) is 129 cm³/mol. The Hall–Kier alpha value is -2.83. The van der Waals surface area contributed by atoms with Gasteiger partial charge < -0.3 is 9.84 Å². The van der Waals surface area contributed by atoms with E-state index in [1.807, 2.05) is 24.3 Å². The lowest BCUT2D eigenvalue weighted by molar-refractivity contribution is -0.143. The molecule has 5 rings (SSSR count). The van der Waals surface area contributed by atoms with Crippen LogP contribution in [0.4, 0.5) is 4.79 Å². The number of fused-ring (bicyclic) bond motifs is 3. The quantitative estimate of drug-likeness (QED) is 0.391. The molecule has 0 aliphatic heterocycles. The van der Waals surface area contributed by atoms with Gasteiger partial charge in [-0.25, -0.2) is 9.59 Å². The van der Waals surface area contributed by atoms with Crippen molar-refractivity contribution in [1.82, 2.24) is 4.90 Å². The summed E-state index contributed by atoms with van der Waals surface area (Å²) in [6, 6.07) is 19.8. The molecule has 1 atom stereocenters. The zero-order valence-electron chi connectivity index (χ0n) is 17.6. The number of amides is 1. The van der Waals surface area contributed by atoms with E-state index in [1.165, 1.54) is 4.90 Å². The fourth-order valence-electron chi connectivity index (χ4n) is 4.59. The highest BCUT2D eigenvalue weighted by molar-refractivity contribution is 9.10. The summed E-state index contributed by atoms with van der Waals surface area (Å²) in [5, 5.41) is 10.5. The lowest BCUT2D eigenvalue weighted by atomic mass is 9.98. The van der Waals surface area contributed by atoms with Crippen LogP contribution in [0, 0.1) is 0 Å². The number of hydrogen-bond donors (Lipinski definition) is 1. The van der Waals surface area contributed by atoms with Gasteiger partial charge in [0.25, 0.3) is 0 Å². The maximum Gasteiger partial charge on any atom is 0.411 e. The van der Waals surface area contributed by atoms with Gasteiger partial charge in [0.1, 0.15) is 6.61 Å². The molecule has 33 heavy (non-hydrogen) atoms. The number of nitrogens with zero attached hydrogens (tertiary/aromatic N) is 1. The number of carbonyl (C=O) groups is 2. The number of benzene rings is 3. The van der Waals surface area contributed by atoms with Crippen molar-refractivity contribution in [3.05, 3.63) is 92.9 Å². The molecule has 168 valence electrons. The fraction of sp³-hybridized carbons (Fsp3) is 0.231. The minimum Gasteiger partial charge on any atom is -0.479 e. The minimum absolute atomic E-state index is 0.0876. The normalized spacial score (nSPS) is 15.5. The molecular formula is C26H21BrClNO4. The van der Waals surface area contributed by atoms with Gasteiger partial charge in [-0.2, -0.15) is 0 Å². The molecule has 5 nitrogen and oxygen atoms in total. The molecule has 2 aliphatic rings. The summed E-state index contributed by atoms with van der Waals surface area (Å²) >= 11 is 9.44. The molecule has 3 aromatic rings. The van der Waals surface area contributed by atoms with E-state index in [0.29, 0.717) is 15.1 Å². The van der Waals surface area contributed by atoms with Gasteiger partial charge >= 0.3 is 12.1 Å². The summed E-state index contributed by atoms with van der Waals surface area (Å²) < 4.78 is 6.38. The van der Waals surface area contributed by atoms with Gasteiger partial charge in [-0.3, -0.25) is 4.90 Å². The van der Waals surface area contributed by atoms with Gasteiger partial charge in [0, 0.05) is 16.4 Å². The number of rotatable bonds is 6. The second-order valence-electron chi connectivity index (χ2n) is 8.36. The van der Waals surface area contributed by atoms with E-state index in [1.54, 1.807) is 18.2 Å². The first-order chi connectivity index (χ1) is 16.0. The fourth-order valence-corrected chi connectivity index (χ4v) is 5.11. The minimum atomic E-state index is -1.15. The number of ether oxygens (including phenoxy) is 1. The standard InChI is InChI=1S/C26H21BrClNO4/c27-22-13-15(9-12-23(22)28)24(25(30)31)29(16-10-11-16)26(32)33-14-21-19-7-3-1-5-17(19)18-6-2-4-8-20(18)21/h1-9,12-13,16,21,24H,10-11,14H2,(H,30,31). The van der Waals surface area contributed by atoms with Crippen LogP contribution >= 0.6 is 27.5 Å². The molecule has 1 amide bonds. The van der Waals surface area contributed by atoms with Crippen LogP contribution < -0.4 is 0 Å². The largest absolute Gasteiger partial charge is 0.479 e. The lowest BCUT2D eigenvalue weighted by Crippen LogP contribution is -2.41. The summed E-state index contributed by atoms with van der Waals surface area (Å²) in [5.74, 6) is -1.19. The number of hydrogen-bond acceptors (Lipinski definition) is 3. The molecule has 0 aromatic heterocycles. The van der Waals surface area contributed by atoms with Crippen LogP contribution in [-0.2, 0) is 9.53 Å². The van der Waals surface area contributed by atoms with Gasteiger partial charge in [0.15, 0.2) is 6.04 Å². The Morgan fingerprint density at radius 3 is 2.18 bits per heavy atom. The summed E-state index contributed by atoms with van der Waals surface area (Å²) in [7, 11) is 0. The summed E-state index contributed by atoms with van der Waals surface area (Å²) in [5.41, 5.74) is 4.98. The zero-order chi connectivity index (χ0) is 23.1. The van der Waals surface area contributed by atoms with Crippen molar-refractivity contribution in [2.24, 2.45) is 0 Å². The van der Waals surface area contributed by atoms with Crippen molar-refractivity contribution in [3.8, 4) is 11.1 Å². The SMILES string of the molecule is O=C(O)C(c1ccc(Cl)c(Br)c1)N(C(=O)OCC1c2ccccc2-c2ccccc21)C1CC1. The Bertz CT molecular complexity index is 1200. The maximum atomic E-state index is 13.3. The van der Waals surface area contributed by atoms with Crippen LogP contribution in [0.2, 0.25) is 5.02 Å². The Kier molecular flexibility index (Phi) is 5.89. The molecule has 1 saturated carbocycles. The molecule has 0 saturated heterocycles. The van der Waals surface area contributed by atoms with Gasteiger partial charge in [-0.15, -0.1) is 0 Å². The van der Waals surface area contributed by atoms with Crippen LogP contribution in [0.15, 0.2) is 71.2 Å². The topological polar surface area (TPSA) is 66.8 Å². The van der Waals surface area contributed by atoms with Crippen LogP contribution in [-0.4, -0.2) is 34.7 Å². The first kappa shape index (κ1) is 22.0. The smallest absolute Gasteiger partial charge is 0.411 e. The molecule has 1 N–H and O–H groups in total. The molecule has 0 heterocycles. The third-order valence-corrected chi connectivity index (χ3v) is 7.47. The summed E-state index contributed by atoms with van der Waals surface area (Å²) in [6.07, 6.45) is 0.892. The highest BCUT2D eigenvalue weighted by Gasteiger charge is 2.43. The second-order valence-corrected chi connectivity index (χ2v) is 9.62. The third-order valence-electron chi connectivity index (χ3n) is 6.26. The number of carboxylic acid groups (broad SMARTS) is 1. The molecular weight excluding hydrogens is 506 g/mol. The number of halogens is 2. The molecule has 1 fully saturated rings. The van der Waals surface area contributed by atoms with Crippen molar-refractivity contribution in [2.45, 2.75) is 30.8 Å². The second kappa shape index (κ2) is 8.84. The predicted octanol–water partition coefficient (Wildman–Crippen LogP) is 6.64. The number of carbonyl (C=O) groups excluding carboxylic acids is 1. The van der Waals surface area contributed by atoms with Crippen molar-refractivity contribution in [2.75, 3.05) is 6.61 Å². The van der Waals surface area contributed by atoms with Crippen molar-refractivity contribution in [3.63, 3.8) is 0 Å². The third kappa shape index (κ3) is 4.13. The number of aliphatic carboxylic acids is 1. The van der Waals surface area contributed by atoms with Crippen LogP contribution in [0.1, 0.15) is 41.5 Å². The Labute approximate surface area is 205 Å². The highest BCUT2D eigenvalue weighted by Crippen LogP contribution is 2.45. The molecule has 0 radical (unpaired) electrons. The van der Waals surface area contributed by atoms with Crippen molar-refractivity contribution in [1.29, 1.82) is 0 Å². The first-order valence-corrected chi connectivity index (χ1v) is 11.9. The molecule has 1 unspecified atom stereocenters. The average molecular weight is 527 g/mol. The van der Waals surface area contributed by atoms with E-state index in [-0.39, 0.29) is 18.6 Å². The molecule has 0 spiro atoms. The van der Waals surface area contributed by atoms with Gasteiger partial charge in [-0.1, -0.05) is 66.2 Å². The van der Waals surface area contributed by atoms with Gasteiger partial charge in [-0.05, 0) is 68.7 Å². The van der Waals surface area contributed by atoms with Crippen LogP contribution in [0.3, 0.4) is 0 Å². The average Bonchev–Trinajstić information content (AvgIpc) is 3.60. The van der Waals surface area contributed by atoms with E-state index < -0.39 is 18.1 Å². The van der Waals surface area contributed by atoms with Crippen LogP contribution in [0.5, 0.6) is 0 Å². The van der Waals surface area contributed by atoms with Crippen molar-refractivity contribution >= 4 is 39.6 Å². The van der Waals surface area contributed by atoms with E-state index in [9.17, 15) is 14.7 Å². The van der Waals surface area contributed by atoms with E-state index >= 15 is 0 Å². The van der Waals surface area contributed by atoms with E-state index in [2.05, 4.69) is 40.2 Å². The highest BCUT2D eigenvalue weighted by atomic mass is 79.9. The Morgan fingerprint density at radius 2 is 1.64 bits per heavy atom. The lowest BCUT2D eigenvalue weighted by Gasteiger charge is -2.29. The molecule has 3 aromatic carbocycles. The van der Waals surface area contributed by atoms with Crippen molar-refractivity contribution < 1.29 is 19.4 Å².